The zero-order valence-corrected chi connectivity index (χ0v) is 11.8. The largest absolute Gasteiger partial charge is 0.488 e. The molecule has 0 unspecified atom stereocenters. The van der Waals surface area contributed by atoms with Crippen molar-refractivity contribution in [2.24, 2.45) is 0 Å². The van der Waals surface area contributed by atoms with Crippen molar-refractivity contribution in [1.29, 1.82) is 0 Å². The molecule has 1 aromatic rings. The van der Waals surface area contributed by atoms with Crippen LogP contribution >= 0.6 is 31.9 Å². The molecule has 92 valence electrons. The summed E-state index contributed by atoms with van der Waals surface area (Å²) in [6.45, 7) is 0. The first-order valence-corrected chi connectivity index (χ1v) is 6.54. The number of hydrogen-bond acceptors (Lipinski definition) is 4. The Bertz CT molecular complexity index is 437. The molecule has 1 fully saturated rings. The molecular formula is C10H9Br2NO4. The van der Waals surface area contributed by atoms with Gasteiger partial charge in [0.15, 0.2) is 0 Å². The van der Waals surface area contributed by atoms with E-state index in [0.29, 0.717) is 27.5 Å². The van der Waals surface area contributed by atoms with Crippen LogP contribution in [0.5, 0.6) is 5.75 Å². The minimum Gasteiger partial charge on any atom is -0.488 e. The number of aliphatic hydroxyl groups is 1. The van der Waals surface area contributed by atoms with E-state index in [1.54, 1.807) is 0 Å². The lowest BCUT2D eigenvalue weighted by Crippen LogP contribution is -2.37. The van der Waals surface area contributed by atoms with Crippen molar-refractivity contribution in [3.05, 3.63) is 31.2 Å². The first-order valence-electron chi connectivity index (χ1n) is 4.95. The fourth-order valence-corrected chi connectivity index (χ4v) is 2.91. The first-order chi connectivity index (χ1) is 7.97. The Balaban J connectivity index is 2.20. The monoisotopic (exact) mass is 365 g/mol. The summed E-state index contributed by atoms with van der Waals surface area (Å²) in [7, 11) is 0. The van der Waals surface area contributed by atoms with Crippen LogP contribution in [0.25, 0.3) is 0 Å². The molecule has 0 spiro atoms. The van der Waals surface area contributed by atoms with Crippen LogP contribution in [0.1, 0.15) is 12.8 Å². The average Bonchev–Trinajstić information content (AvgIpc) is 2.19. The molecule has 1 aromatic carbocycles. The molecule has 0 aliphatic heterocycles. The molecule has 0 amide bonds. The van der Waals surface area contributed by atoms with Gasteiger partial charge in [-0.3, -0.25) is 10.1 Å². The zero-order valence-electron chi connectivity index (χ0n) is 8.60. The van der Waals surface area contributed by atoms with Crippen molar-refractivity contribution in [2.45, 2.75) is 25.0 Å². The van der Waals surface area contributed by atoms with Crippen LogP contribution in [0.2, 0.25) is 0 Å². The lowest BCUT2D eigenvalue weighted by atomic mass is 9.92. The summed E-state index contributed by atoms with van der Waals surface area (Å²) in [6.07, 6.45) is 0.862. The van der Waals surface area contributed by atoms with Crippen LogP contribution in [-0.2, 0) is 0 Å². The van der Waals surface area contributed by atoms with Gasteiger partial charge in [-0.25, -0.2) is 0 Å². The summed E-state index contributed by atoms with van der Waals surface area (Å²) in [5, 5.41) is 19.8. The summed E-state index contributed by atoms with van der Waals surface area (Å²) >= 11 is 6.48. The van der Waals surface area contributed by atoms with Gasteiger partial charge in [0.05, 0.1) is 20.0 Å². The molecule has 0 aromatic heterocycles. The molecule has 5 nitrogen and oxygen atoms in total. The van der Waals surface area contributed by atoms with Gasteiger partial charge in [0.2, 0.25) is 0 Å². The van der Waals surface area contributed by atoms with Gasteiger partial charge in [-0.05, 0) is 31.9 Å². The Kier molecular flexibility index (Phi) is 3.70. The lowest BCUT2D eigenvalue weighted by molar-refractivity contribution is -0.385. The molecular weight excluding hydrogens is 358 g/mol. The number of benzene rings is 1. The smallest absolute Gasteiger partial charge is 0.271 e. The predicted molar refractivity (Wildman–Crippen MR) is 68.2 cm³/mol. The van der Waals surface area contributed by atoms with E-state index < -0.39 is 4.92 Å². The molecule has 7 heteroatoms. The Morgan fingerprint density at radius 2 is 1.88 bits per heavy atom. The summed E-state index contributed by atoms with van der Waals surface area (Å²) in [5.41, 5.74) is -0.00950. The van der Waals surface area contributed by atoms with Gasteiger partial charge in [-0.1, -0.05) is 0 Å². The van der Waals surface area contributed by atoms with E-state index in [9.17, 15) is 10.1 Å². The third kappa shape index (κ3) is 2.78. The minimum absolute atomic E-state index is 0.00950. The quantitative estimate of drug-likeness (QED) is 0.659. The topological polar surface area (TPSA) is 72.6 Å². The highest BCUT2D eigenvalue weighted by molar-refractivity contribution is 9.11. The van der Waals surface area contributed by atoms with Crippen molar-refractivity contribution in [3.8, 4) is 5.75 Å². The van der Waals surface area contributed by atoms with E-state index in [2.05, 4.69) is 31.9 Å². The average molecular weight is 367 g/mol. The van der Waals surface area contributed by atoms with E-state index in [1.165, 1.54) is 12.1 Å². The minimum atomic E-state index is -0.466. The maximum atomic E-state index is 10.6. The van der Waals surface area contributed by atoms with E-state index in [-0.39, 0.29) is 17.9 Å². The van der Waals surface area contributed by atoms with Gasteiger partial charge in [-0.2, -0.15) is 0 Å². The van der Waals surface area contributed by atoms with Crippen LogP contribution in [0, 0.1) is 10.1 Å². The van der Waals surface area contributed by atoms with E-state index >= 15 is 0 Å². The lowest BCUT2D eigenvalue weighted by Gasteiger charge is -2.32. The number of nitro groups is 1. The maximum absolute atomic E-state index is 10.6. The molecule has 2 rings (SSSR count). The van der Waals surface area contributed by atoms with Crippen LogP contribution in [0.15, 0.2) is 21.1 Å². The highest BCUT2D eigenvalue weighted by Gasteiger charge is 2.30. The number of halogens is 2. The molecule has 1 aliphatic rings. The molecule has 1 N–H and O–H groups in total. The second kappa shape index (κ2) is 4.91. The van der Waals surface area contributed by atoms with E-state index in [4.69, 9.17) is 9.84 Å². The van der Waals surface area contributed by atoms with Gasteiger partial charge < -0.3 is 9.84 Å². The standard InChI is InChI=1S/C10H9Br2NO4/c11-8-1-5(13(15)16)2-9(12)10(8)17-7-3-6(14)4-7/h1-2,6-7,14H,3-4H2. The Labute approximate surface area is 114 Å². The van der Waals surface area contributed by atoms with E-state index in [0.717, 1.165) is 0 Å². The van der Waals surface area contributed by atoms with Gasteiger partial charge in [0, 0.05) is 25.0 Å². The van der Waals surface area contributed by atoms with Gasteiger partial charge >= 0.3 is 0 Å². The van der Waals surface area contributed by atoms with Crippen LogP contribution in [-0.4, -0.2) is 22.2 Å². The second-order valence-corrected chi connectivity index (χ2v) is 5.57. The molecule has 1 saturated carbocycles. The Morgan fingerprint density at radius 3 is 2.29 bits per heavy atom. The fraction of sp³-hybridized carbons (Fsp3) is 0.400. The molecule has 17 heavy (non-hydrogen) atoms. The number of non-ortho nitro benzene ring substituents is 1. The van der Waals surface area contributed by atoms with Crippen LogP contribution in [0.4, 0.5) is 5.69 Å². The fourth-order valence-electron chi connectivity index (χ4n) is 1.57. The second-order valence-electron chi connectivity index (χ2n) is 3.86. The highest BCUT2D eigenvalue weighted by Crippen LogP contribution is 2.39. The number of aliphatic hydroxyl groups excluding tert-OH is 1. The molecule has 0 bridgehead atoms. The maximum Gasteiger partial charge on any atom is 0.271 e. The normalized spacial score (nSPS) is 23.0. The van der Waals surface area contributed by atoms with Gasteiger partial charge in [0.25, 0.3) is 5.69 Å². The van der Waals surface area contributed by atoms with Crippen molar-refractivity contribution < 1.29 is 14.8 Å². The highest BCUT2D eigenvalue weighted by atomic mass is 79.9. The van der Waals surface area contributed by atoms with Crippen molar-refractivity contribution in [3.63, 3.8) is 0 Å². The Morgan fingerprint density at radius 1 is 1.35 bits per heavy atom. The molecule has 0 heterocycles. The molecule has 0 radical (unpaired) electrons. The first kappa shape index (κ1) is 12.8. The molecule has 0 saturated heterocycles. The van der Waals surface area contributed by atoms with Crippen LogP contribution in [0.3, 0.4) is 0 Å². The van der Waals surface area contributed by atoms with Crippen molar-refractivity contribution in [1.82, 2.24) is 0 Å². The summed E-state index contributed by atoms with van der Waals surface area (Å²) in [6, 6.07) is 2.80. The van der Waals surface area contributed by atoms with Gasteiger partial charge in [-0.15, -0.1) is 0 Å². The SMILES string of the molecule is O=[N+]([O-])c1cc(Br)c(OC2CC(O)C2)c(Br)c1. The third-order valence-corrected chi connectivity index (χ3v) is 3.73. The van der Waals surface area contributed by atoms with Crippen molar-refractivity contribution >= 4 is 37.5 Å². The number of nitro benzene ring substituents is 1. The Hall–Kier alpha value is -0.660. The number of rotatable bonds is 3. The van der Waals surface area contributed by atoms with E-state index in [1.807, 2.05) is 0 Å². The summed E-state index contributed by atoms with van der Waals surface area (Å²) < 4.78 is 6.70. The number of hydrogen-bond donors (Lipinski definition) is 1. The zero-order chi connectivity index (χ0) is 12.6. The van der Waals surface area contributed by atoms with Crippen molar-refractivity contribution in [2.75, 3.05) is 0 Å². The summed E-state index contributed by atoms with van der Waals surface area (Å²) in [4.78, 5) is 10.2. The number of ether oxygens (including phenoxy) is 1. The summed E-state index contributed by atoms with van der Waals surface area (Å²) in [5.74, 6) is 0.535. The third-order valence-electron chi connectivity index (χ3n) is 2.55. The molecule has 1 aliphatic carbocycles. The van der Waals surface area contributed by atoms with Crippen LogP contribution < -0.4 is 4.74 Å². The predicted octanol–water partition coefficient (Wildman–Crippen LogP) is 3.02. The molecule has 0 atom stereocenters. The van der Waals surface area contributed by atoms with Gasteiger partial charge in [0.1, 0.15) is 11.9 Å². The number of nitrogens with zero attached hydrogens (tertiary/aromatic N) is 1.